The van der Waals surface area contributed by atoms with Gasteiger partial charge in [-0.2, -0.15) is 0 Å². The fraction of sp³-hybridized carbons (Fsp3) is 0.167. The molecule has 6 nitrogen and oxygen atoms in total. The summed E-state index contributed by atoms with van der Waals surface area (Å²) in [6.07, 6.45) is 0. The monoisotopic (exact) mass is 278 g/mol. The molecule has 0 amide bonds. The minimum Gasteiger partial charge on any atom is -0.340 e. The number of benzene rings is 1. The Morgan fingerprint density at radius 2 is 2.05 bits per heavy atom. The second-order valence-electron chi connectivity index (χ2n) is 3.95. The number of hydrogen-bond acceptors (Lipinski definition) is 5. The third kappa shape index (κ3) is 2.97. The van der Waals surface area contributed by atoms with E-state index in [0.29, 0.717) is 28.0 Å². The van der Waals surface area contributed by atoms with Crippen molar-refractivity contribution in [2.75, 3.05) is 5.32 Å². The highest BCUT2D eigenvalue weighted by molar-refractivity contribution is 6.29. The molecule has 7 heteroatoms. The Morgan fingerprint density at radius 1 is 1.32 bits per heavy atom. The van der Waals surface area contributed by atoms with Gasteiger partial charge in [0.25, 0.3) is 5.69 Å². The van der Waals surface area contributed by atoms with Crippen molar-refractivity contribution < 1.29 is 4.92 Å². The SMILES string of the molecule is Cc1nc(Cl)cc(Nc2cccc([N+](=O)[O-])c2C)n1. The summed E-state index contributed by atoms with van der Waals surface area (Å²) >= 11 is 5.84. The van der Waals surface area contributed by atoms with Gasteiger partial charge in [-0.3, -0.25) is 10.1 Å². The van der Waals surface area contributed by atoms with Gasteiger partial charge in [0.05, 0.1) is 10.5 Å². The molecular weight excluding hydrogens is 268 g/mol. The largest absolute Gasteiger partial charge is 0.340 e. The first-order valence-electron chi connectivity index (χ1n) is 5.49. The van der Waals surface area contributed by atoms with Crippen LogP contribution in [-0.4, -0.2) is 14.9 Å². The van der Waals surface area contributed by atoms with Crippen LogP contribution in [-0.2, 0) is 0 Å². The van der Waals surface area contributed by atoms with Crippen molar-refractivity contribution >= 4 is 28.8 Å². The molecule has 0 aliphatic heterocycles. The number of aromatic nitrogens is 2. The molecule has 0 spiro atoms. The van der Waals surface area contributed by atoms with Crippen LogP contribution in [0.2, 0.25) is 5.15 Å². The number of nitrogens with one attached hydrogen (secondary N) is 1. The highest BCUT2D eigenvalue weighted by Gasteiger charge is 2.13. The third-order valence-electron chi connectivity index (χ3n) is 2.57. The van der Waals surface area contributed by atoms with Gasteiger partial charge in [-0.15, -0.1) is 0 Å². The highest BCUT2D eigenvalue weighted by Crippen LogP contribution is 2.27. The van der Waals surface area contributed by atoms with Crippen molar-refractivity contribution in [1.29, 1.82) is 0 Å². The second kappa shape index (κ2) is 5.19. The first-order chi connectivity index (χ1) is 8.97. The number of aryl methyl sites for hydroxylation is 1. The lowest BCUT2D eigenvalue weighted by molar-refractivity contribution is -0.385. The van der Waals surface area contributed by atoms with Gasteiger partial charge in [-0.25, -0.2) is 9.97 Å². The number of nitro groups is 1. The Kier molecular flexibility index (Phi) is 3.62. The Morgan fingerprint density at radius 3 is 2.68 bits per heavy atom. The molecule has 0 unspecified atom stereocenters. The maximum atomic E-state index is 10.9. The average Bonchev–Trinajstić information content (AvgIpc) is 2.30. The average molecular weight is 279 g/mol. The summed E-state index contributed by atoms with van der Waals surface area (Å²) in [5.41, 5.74) is 1.21. The zero-order valence-corrected chi connectivity index (χ0v) is 11.1. The lowest BCUT2D eigenvalue weighted by Gasteiger charge is -2.09. The number of nitro benzene ring substituents is 1. The van der Waals surface area contributed by atoms with Crippen molar-refractivity contribution in [3.63, 3.8) is 0 Å². The second-order valence-corrected chi connectivity index (χ2v) is 4.34. The fourth-order valence-electron chi connectivity index (χ4n) is 1.69. The summed E-state index contributed by atoms with van der Waals surface area (Å²) in [4.78, 5) is 18.6. The normalized spacial score (nSPS) is 10.3. The number of hydrogen-bond donors (Lipinski definition) is 1. The summed E-state index contributed by atoms with van der Waals surface area (Å²) < 4.78 is 0. The van der Waals surface area contributed by atoms with Crippen LogP contribution >= 0.6 is 11.6 Å². The zero-order valence-electron chi connectivity index (χ0n) is 10.3. The molecule has 1 N–H and O–H groups in total. The first-order valence-corrected chi connectivity index (χ1v) is 5.87. The van der Waals surface area contributed by atoms with Crippen LogP contribution in [0.3, 0.4) is 0 Å². The lowest BCUT2D eigenvalue weighted by Crippen LogP contribution is -2.00. The Bertz CT molecular complexity index is 625. The summed E-state index contributed by atoms with van der Waals surface area (Å²) in [5.74, 6) is 1.03. The van der Waals surface area contributed by atoms with Gasteiger partial charge in [0.15, 0.2) is 0 Å². The minimum absolute atomic E-state index is 0.0573. The van der Waals surface area contributed by atoms with Crippen molar-refractivity contribution in [2.45, 2.75) is 13.8 Å². The number of anilines is 2. The van der Waals surface area contributed by atoms with Crippen molar-refractivity contribution in [3.8, 4) is 0 Å². The molecule has 19 heavy (non-hydrogen) atoms. The Balaban J connectivity index is 2.38. The standard InChI is InChI=1S/C12H11ClN4O2/c1-7-9(4-3-5-10(7)17(18)19)16-12-6-11(13)14-8(2)15-12/h3-6H,1-2H3,(H,14,15,16). The van der Waals surface area contributed by atoms with Crippen molar-refractivity contribution in [2.24, 2.45) is 0 Å². The summed E-state index contributed by atoms with van der Waals surface area (Å²) in [5, 5.41) is 14.2. The molecule has 0 aliphatic rings. The van der Waals surface area contributed by atoms with Crippen LogP contribution in [0.5, 0.6) is 0 Å². The molecule has 0 fully saturated rings. The van der Waals surface area contributed by atoms with E-state index in [1.54, 1.807) is 32.0 Å². The smallest absolute Gasteiger partial charge is 0.274 e. The van der Waals surface area contributed by atoms with Crippen LogP contribution in [0.25, 0.3) is 0 Å². The van der Waals surface area contributed by atoms with Gasteiger partial charge >= 0.3 is 0 Å². The van der Waals surface area contributed by atoms with E-state index < -0.39 is 4.92 Å². The molecule has 0 atom stereocenters. The van der Waals surface area contributed by atoms with Crippen molar-refractivity contribution in [3.05, 3.63) is 50.9 Å². The lowest BCUT2D eigenvalue weighted by atomic mass is 10.1. The third-order valence-corrected chi connectivity index (χ3v) is 2.76. The van der Waals surface area contributed by atoms with Crippen LogP contribution in [0.15, 0.2) is 24.3 Å². The van der Waals surface area contributed by atoms with E-state index in [2.05, 4.69) is 15.3 Å². The number of nitrogens with zero attached hydrogens (tertiary/aromatic N) is 3. The fourth-order valence-corrected chi connectivity index (χ4v) is 1.92. The van der Waals surface area contributed by atoms with E-state index in [0.717, 1.165) is 0 Å². The molecule has 0 bridgehead atoms. The minimum atomic E-state index is -0.418. The van der Waals surface area contributed by atoms with Crippen LogP contribution in [0.1, 0.15) is 11.4 Å². The maximum Gasteiger partial charge on any atom is 0.274 e. The zero-order chi connectivity index (χ0) is 14.0. The van der Waals surface area contributed by atoms with E-state index in [9.17, 15) is 10.1 Å². The topological polar surface area (TPSA) is 81.0 Å². The van der Waals surface area contributed by atoms with E-state index in [4.69, 9.17) is 11.6 Å². The van der Waals surface area contributed by atoms with Crippen LogP contribution in [0, 0.1) is 24.0 Å². The van der Waals surface area contributed by atoms with Gasteiger partial charge in [-0.05, 0) is 19.9 Å². The van der Waals surface area contributed by atoms with E-state index in [1.165, 1.54) is 6.07 Å². The van der Waals surface area contributed by atoms with E-state index in [-0.39, 0.29) is 5.69 Å². The molecule has 0 radical (unpaired) electrons. The molecule has 0 saturated carbocycles. The summed E-state index contributed by atoms with van der Waals surface area (Å²) in [7, 11) is 0. The first kappa shape index (κ1) is 13.2. The van der Waals surface area contributed by atoms with Crippen LogP contribution in [0.4, 0.5) is 17.2 Å². The molecule has 2 aromatic rings. The predicted octanol–water partition coefficient (Wildman–Crippen LogP) is 3.40. The molecule has 1 aromatic carbocycles. The maximum absolute atomic E-state index is 10.9. The Hall–Kier alpha value is -2.21. The summed E-state index contributed by atoms with van der Waals surface area (Å²) in [6.45, 7) is 3.40. The van der Waals surface area contributed by atoms with Crippen LogP contribution < -0.4 is 5.32 Å². The molecular formula is C12H11ClN4O2. The van der Waals surface area contributed by atoms with Gasteiger partial charge in [0, 0.05) is 17.8 Å². The van der Waals surface area contributed by atoms with Gasteiger partial charge in [0.2, 0.25) is 0 Å². The van der Waals surface area contributed by atoms with E-state index in [1.807, 2.05) is 0 Å². The van der Waals surface area contributed by atoms with E-state index >= 15 is 0 Å². The molecule has 2 rings (SSSR count). The molecule has 98 valence electrons. The highest BCUT2D eigenvalue weighted by atomic mass is 35.5. The molecule has 0 saturated heterocycles. The molecule has 0 aliphatic carbocycles. The van der Waals surface area contributed by atoms with Gasteiger partial charge in [-0.1, -0.05) is 17.7 Å². The number of halogens is 1. The Labute approximate surface area is 114 Å². The predicted molar refractivity (Wildman–Crippen MR) is 72.9 cm³/mol. The van der Waals surface area contributed by atoms with Gasteiger partial charge < -0.3 is 5.32 Å². The molecule has 1 heterocycles. The quantitative estimate of drug-likeness (QED) is 0.529. The molecule has 1 aromatic heterocycles. The number of rotatable bonds is 3. The van der Waals surface area contributed by atoms with Crippen molar-refractivity contribution in [1.82, 2.24) is 9.97 Å². The van der Waals surface area contributed by atoms with Gasteiger partial charge in [0.1, 0.15) is 16.8 Å². The summed E-state index contributed by atoms with van der Waals surface area (Å²) in [6, 6.07) is 6.38.